The maximum atomic E-state index is 10.8. The lowest BCUT2D eigenvalue weighted by atomic mass is 10.1. The van der Waals surface area contributed by atoms with E-state index in [-0.39, 0.29) is 0 Å². The van der Waals surface area contributed by atoms with Crippen molar-refractivity contribution in [3.63, 3.8) is 0 Å². The monoisotopic (exact) mass is 264 g/mol. The number of cyclic esters (lactones) is 2. The van der Waals surface area contributed by atoms with Gasteiger partial charge in [0.25, 0.3) is 0 Å². The van der Waals surface area contributed by atoms with Crippen LogP contribution < -0.4 is 5.73 Å². The summed E-state index contributed by atoms with van der Waals surface area (Å²) in [7, 11) is 0. The lowest BCUT2D eigenvalue weighted by Gasteiger charge is -2.15. The van der Waals surface area contributed by atoms with Crippen molar-refractivity contribution in [2.24, 2.45) is 5.73 Å². The minimum absolute atomic E-state index is 0.359. The molecular formula is C14H20N2O3. The number of likely N-dealkylation sites (N-methyl/N-ethyl adjacent to an activating group) is 1. The van der Waals surface area contributed by atoms with E-state index in [0.29, 0.717) is 11.1 Å². The first-order valence-corrected chi connectivity index (χ1v) is 6.41. The maximum Gasteiger partial charge on any atom is 0.346 e. The van der Waals surface area contributed by atoms with Gasteiger partial charge in [0.15, 0.2) is 0 Å². The highest BCUT2D eigenvalue weighted by atomic mass is 16.6. The third-order valence-electron chi connectivity index (χ3n) is 2.89. The van der Waals surface area contributed by atoms with Crippen molar-refractivity contribution in [2.45, 2.75) is 13.8 Å². The molecule has 1 heterocycles. The lowest BCUT2D eigenvalue weighted by molar-refractivity contribution is 0.0444. The first-order valence-electron chi connectivity index (χ1n) is 6.41. The van der Waals surface area contributed by atoms with Crippen LogP contribution in [0.4, 0.5) is 0 Å². The second-order valence-electron chi connectivity index (χ2n) is 4.04. The van der Waals surface area contributed by atoms with Crippen LogP contribution in [0.1, 0.15) is 34.6 Å². The van der Waals surface area contributed by atoms with Crippen molar-refractivity contribution in [3.8, 4) is 0 Å². The topological polar surface area (TPSA) is 72.6 Å². The van der Waals surface area contributed by atoms with Crippen LogP contribution in [0.2, 0.25) is 0 Å². The highest BCUT2D eigenvalue weighted by molar-refractivity contribution is 6.14. The first-order chi connectivity index (χ1) is 9.13. The predicted molar refractivity (Wildman–Crippen MR) is 73.0 cm³/mol. The summed E-state index contributed by atoms with van der Waals surface area (Å²) in [6.07, 6.45) is 0. The average molecular weight is 264 g/mol. The number of rotatable bonds is 4. The molecule has 5 heteroatoms. The molecule has 104 valence electrons. The van der Waals surface area contributed by atoms with Crippen molar-refractivity contribution < 1.29 is 14.3 Å². The van der Waals surface area contributed by atoms with Crippen LogP contribution in [-0.2, 0) is 4.74 Å². The number of hydrogen-bond acceptors (Lipinski definition) is 5. The van der Waals surface area contributed by atoms with Gasteiger partial charge in [-0.15, -0.1) is 0 Å². The van der Waals surface area contributed by atoms with Crippen molar-refractivity contribution in [1.82, 2.24) is 4.90 Å². The van der Waals surface area contributed by atoms with Gasteiger partial charge in [0.2, 0.25) is 0 Å². The number of hydrogen-bond donors (Lipinski definition) is 1. The summed E-state index contributed by atoms with van der Waals surface area (Å²) < 4.78 is 4.35. The molecule has 1 aromatic carbocycles. The van der Waals surface area contributed by atoms with Gasteiger partial charge < -0.3 is 15.4 Å². The van der Waals surface area contributed by atoms with Gasteiger partial charge >= 0.3 is 11.9 Å². The van der Waals surface area contributed by atoms with Crippen LogP contribution in [0, 0.1) is 0 Å². The van der Waals surface area contributed by atoms with E-state index in [1.807, 2.05) is 0 Å². The molecule has 0 aromatic heterocycles. The molecule has 0 spiro atoms. The Kier molecular flexibility index (Phi) is 6.18. The fourth-order valence-electron chi connectivity index (χ4n) is 1.76. The molecule has 0 unspecified atom stereocenters. The van der Waals surface area contributed by atoms with E-state index in [1.165, 1.54) is 0 Å². The van der Waals surface area contributed by atoms with Crippen LogP contribution in [0.15, 0.2) is 24.3 Å². The number of nitrogens with two attached hydrogens (primary N) is 1. The van der Waals surface area contributed by atoms with E-state index < -0.39 is 11.9 Å². The molecule has 1 aliphatic rings. The van der Waals surface area contributed by atoms with E-state index in [9.17, 15) is 9.59 Å². The van der Waals surface area contributed by atoms with E-state index in [2.05, 4.69) is 23.5 Å². The van der Waals surface area contributed by atoms with Crippen LogP contribution in [0.25, 0.3) is 0 Å². The molecule has 0 saturated heterocycles. The van der Waals surface area contributed by atoms with Gasteiger partial charge in [0, 0.05) is 13.1 Å². The second-order valence-corrected chi connectivity index (χ2v) is 4.04. The van der Waals surface area contributed by atoms with Crippen LogP contribution in [0.3, 0.4) is 0 Å². The average Bonchev–Trinajstić information content (AvgIpc) is 2.73. The molecule has 0 amide bonds. The van der Waals surface area contributed by atoms with E-state index in [4.69, 9.17) is 5.73 Å². The van der Waals surface area contributed by atoms with Crippen LogP contribution in [0.5, 0.6) is 0 Å². The summed E-state index contributed by atoms with van der Waals surface area (Å²) in [6.45, 7) is 8.36. The summed E-state index contributed by atoms with van der Waals surface area (Å²) in [6, 6.07) is 6.53. The molecular weight excluding hydrogens is 244 g/mol. The molecule has 1 aromatic rings. The Hall–Kier alpha value is -1.72. The van der Waals surface area contributed by atoms with Crippen LogP contribution >= 0.6 is 0 Å². The quantitative estimate of drug-likeness (QED) is 0.655. The summed E-state index contributed by atoms with van der Waals surface area (Å²) in [5.41, 5.74) is 6.06. The fraction of sp³-hybridized carbons (Fsp3) is 0.429. The van der Waals surface area contributed by atoms with Crippen molar-refractivity contribution in [3.05, 3.63) is 35.4 Å². The fourth-order valence-corrected chi connectivity index (χ4v) is 1.76. The predicted octanol–water partition coefficient (Wildman–Crippen LogP) is 1.28. The Morgan fingerprint density at radius 3 is 1.84 bits per heavy atom. The third kappa shape index (κ3) is 4.15. The van der Waals surface area contributed by atoms with Gasteiger partial charge in [-0.05, 0) is 25.2 Å². The lowest BCUT2D eigenvalue weighted by Crippen LogP contribution is -2.28. The van der Waals surface area contributed by atoms with Gasteiger partial charge in [0.05, 0.1) is 11.1 Å². The summed E-state index contributed by atoms with van der Waals surface area (Å²) in [4.78, 5) is 24.0. The summed E-state index contributed by atoms with van der Waals surface area (Å²) >= 11 is 0. The zero-order valence-electron chi connectivity index (χ0n) is 11.4. The smallest absolute Gasteiger partial charge is 0.346 e. The number of fused-ring (bicyclic) bond motifs is 1. The highest BCUT2D eigenvalue weighted by Crippen LogP contribution is 2.18. The van der Waals surface area contributed by atoms with Crippen molar-refractivity contribution >= 4 is 11.9 Å². The molecule has 2 N–H and O–H groups in total. The second kappa shape index (κ2) is 7.66. The minimum Gasteiger partial charge on any atom is -0.386 e. The molecule has 0 radical (unpaired) electrons. The standard InChI is InChI=1S/C8H4O3.C6H16N2/c9-7-5-3-1-2-4-6(5)8(10)11-7;1-3-8(4-2)6-5-7/h1-4H;3-7H2,1-2H3. The van der Waals surface area contributed by atoms with Gasteiger partial charge in [0.1, 0.15) is 0 Å². The number of nitrogens with zero attached hydrogens (tertiary/aromatic N) is 1. The Morgan fingerprint density at radius 1 is 1.05 bits per heavy atom. The Labute approximate surface area is 113 Å². The molecule has 0 fully saturated rings. The number of esters is 2. The zero-order chi connectivity index (χ0) is 14.3. The molecule has 19 heavy (non-hydrogen) atoms. The zero-order valence-corrected chi connectivity index (χ0v) is 11.4. The van der Waals surface area contributed by atoms with Gasteiger partial charge in [-0.2, -0.15) is 0 Å². The van der Waals surface area contributed by atoms with E-state index in [1.54, 1.807) is 24.3 Å². The molecule has 0 aliphatic carbocycles. The third-order valence-corrected chi connectivity index (χ3v) is 2.89. The Morgan fingerprint density at radius 2 is 1.53 bits per heavy atom. The number of benzene rings is 1. The minimum atomic E-state index is -0.550. The maximum absolute atomic E-state index is 10.8. The van der Waals surface area contributed by atoms with Crippen molar-refractivity contribution in [1.29, 1.82) is 0 Å². The molecule has 2 rings (SSSR count). The molecule has 1 aliphatic heterocycles. The largest absolute Gasteiger partial charge is 0.386 e. The van der Waals surface area contributed by atoms with Gasteiger partial charge in [-0.1, -0.05) is 26.0 Å². The molecule has 0 atom stereocenters. The van der Waals surface area contributed by atoms with Gasteiger partial charge in [-0.3, -0.25) is 0 Å². The Balaban J connectivity index is 0.000000203. The van der Waals surface area contributed by atoms with Gasteiger partial charge in [-0.25, -0.2) is 9.59 Å². The number of carbonyl (C=O) groups excluding carboxylic acids is 2. The van der Waals surface area contributed by atoms with E-state index >= 15 is 0 Å². The summed E-state index contributed by atoms with van der Waals surface area (Å²) in [5, 5.41) is 0. The first kappa shape index (κ1) is 15.3. The number of carbonyl (C=O) groups is 2. The van der Waals surface area contributed by atoms with Crippen LogP contribution in [-0.4, -0.2) is 43.0 Å². The Bertz CT molecular complexity index is 409. The SMILES string of the molecule is CCN(CC)CCN.O=C1OC(=O)c2ccccc21. The van der Waals surface area contributed by atoms with E-state index in [0.717, 1.165) is 26.2 Å². The number of ether oxygens (including phenoxy) is 1. The molecule has 5 nitrogen and oxygen atoms in total. The molecule has 0 bridgehead atoms. The van der Waals surface area contributed by atoms with Crippen molar-refractivity contribution in [2.75, 3.05) is 26.2 Å². The summed E-state index contributed by atoms with van der Waals surface area (Å²) in [5.74, 6) is -1.10. The highest BCUT2D eigenvalue weighted by Gasteiger charge is 2.28. The normalized spacial score (nSPS) is 12.8. The molecule has 0 saturated carbocycles.